The van der Waals surface area contributed by atoms with Crippen molar-refractivity contribution in [3.05, 3.63) is 39.2 Å². The Morgan fingerprint density at radius 2 is 2.05 bits per heavy atom. The quantitative estimate of drug-likeness (QED) is 0.406. The summed E-state index contributed by atoms with van der Waals surface area (Å²) in [6.07, 6.45) is 0. The molecule has 0 unspecified atom stereocenters. The number of hydrazine groups is 1. The Labute approximate surface area is 131 Å². The van der Waals surface area contributed by atoms with Gasteiger partial charge in [0.1, 0.15) is 4.83 Å². The molecule has 3 rings (SSSR count). The Morgan fingerprint density at radius 3 is 2.76 bits per heavy atom. The van der Waals surface area contributed by atoms with E-state index in [0.717, 1.165) is 21.2 Å². The summed E-state index contributed by atoms with van der Waals surface area (Å²) in [6, 6.07) is 4.38. The Hall–Kier alpha value is -1.64. The molecule has 1 aromatic carbocycles. The van der Waals surface area contributed by atoms with Crippen LogP contribution in [0.25, 0.3) is 21.6 Å². The van der Waals surface area contributed by atoms with Gasteiger partial charge in [-0.2, -0.15) is 0 Å². The predicted octanol–water partition coefficient (Wildman–Crippen LogP) is 3.99. The third-order valence-corrected chi connectivity index (χ3v) is 4.65. The average molecular weight is 371 g/mol. The predicted molar refractivity (Wildman–Crippen MR) is 83.0 cm³/mol. The van der Waals surface area contributed by atoms with Gasteiger partial charge in [0.05, 0.1) is 9.86 Å². The van der Waals surface area contributed by atoms with Crippen LogP contribution in [0.5, 0.6) is 0 Å². The van der Waals surface area contributed by atoms with Gasteiger partial charge < -0.3 is 5.43 Å². The molecule has 21 heavy (non-hydrogen) atoms. The van der Waals surface area contributed by atoms with Gasteiger partial charge in [-0.3, -0.25) is 0 Å². The molecule has 108 valence electrons. The number of nitrogens with two attached hydrogens (primary N) is 1. The largest absolute Gasteiger partial charge is 0.308 e. The number of aromatic nitrogens is 2. The number of nitrogens with one attached hydrogen (secondary N) is 1. The number of halogens is 3. The molecule has 8 heteroatoms. The highest BCUT2D eigenvalue weighted by Crippen LogP contribution is 2.34. The smallest absolute Gasteiger partial charge is 0.173 e. The van der Waals surface area contributed by atoms with Crippen LogP contribution in [0.15, 0.2) is 22.7 Å². The van der Waals surface area contributed by atoms with Crippen molar-refractivity contribution in [2.45, 2.75) is 6.92 Å². The molecule has 0 saturated carbocycles. The van der Waals surface area contributed by atoms with Crippen molar-refractivity contribution in [1.82, 2.24) is 9.97 Å². The second kappa shape index (κ2) is 5.28. The SMILES string of the molecule is Cc1cc2c(NN)nc(-c3ccc(F)c(F)c3Br)nc2s1. The molecule has 0 bridgehead atoms. The fourth-order valence-electron chi connectivity index (χ4n) is 1.97. The summed E-state index contributed by atoms with van der Waals surface area (Å²) in [6.45, 7) is 1.94. The zero-order valence-electron chi connectivity index (χ0n) is 10.7. The van der Waals surface area contributed by atoms with Crippen LogP contribution in [0.2, 0.25) is 0 Å². The van der Waals surface area contributed by atoms with E-state index in [9.17, 15) is 8.78 Å². The van der Waals surface area contributed by atoms with Crippen molar-refractivity contribution in [2.24, 2.45) is 5.84 Å². The normalized spacial score (nSPS) is 11.1. The number of fused-ring (bicyclic) bond motifs is 1. The van der Waals surface area contributed by atoms with Crippen LogP contribution in [0.4, 0.5) is 14.6 Å². The lowest BCUT2D eigenvalue weighted by atomic mass is 10.2. The van der Waals surface area contributed by atoms with E-state index >= 15 is 0 Å². The molecule has 0 radical (unpaired) electrons. The second-order valence-electron chi connectivity index (χ2n) is 4.34. The van der Waals surface area contributed by atoms with Gasteiger partial charge in [0.15, 0.2) is 23.3 Å². The molecule has 2 heterocycles. The molecule has 3 aromatic rings. The molecule has 0 aliphatic carbocycles. The number of benzene rings is 1. The maximum absolute atomic E-state index is 13.7. The molecule has 2 aromatic heterocycles. The first-order valence-electron chi connectivity index (χ1n) is 5.90. The Kier molecular flexibility index (Phi) is 3.60. The molecule has 4 nitrogen and oxygen atoms in total. The zero-order valence-corrected chi connectivity index (χ0v) is 13.1. The molecule has 0 aliphatic heterocycles. The molecule has 0 saturated heterocycles. The topological polar surface area (TPSA) is 63.8 Å². The summed E-state index contributed by atoms with van der Waals surface area (Å²) in [5.41, 5.74) is 2.87. The number of aryl methyl sites for hydroxylation is 1. The number of hydrogen-bond donors (Lipinski definition) is 2. The van der Waals surface area contributed by atoms with Crippen LogP contribution in [-0.2, 0) is 0 Å². The lowest BCUT2D eigenvalue weighted by molar-refractivity contribution is 0.504. The Morgan fingerprint density at radius 1 is 1.29 bits per heavy atom. The first-order valence-corrected chi connectivity index (χ1v) is 7.51. The maximum Gasteiger partial charge on any atom is 0.173 e. The van der Waals surface area contributed by atoms with E-state index in [-0.39, 0.29) is 10.3 Å². The van der Waals surface area contributed by atoms with Crippen LogP contribution < -0.4 is 11.3 Å². The summed E-state index contributed by atoms with van der Waals surface area (Å²) in [5, 5.41) is 0.794. The molecule has 0 aliphatic rings. The minimum atomic E-state index is -0.971. The fraction of sp³-hybridized carbons (Fsp3) is 0.0769. The zero-order chi connectivity index (χ0) is 15.1. The summed E-state index contributed by atoms with van der Waals surface area (Å²) in [7, 11) is 0. The van der Waals surface area contributed by atoms with Crippen LogP contribution in [0.1, 0.15) is 4.88 Å². The van der Waals surface area contributed by atoms with Crippen molar-refractivity contribution in [3.63, 3.8) is 0 Å². The highest BCUT2D eigenvalue weighted by Gasteiger charge is 2.17. The summed E-state index contributed by atoms with van der Waals surface area (Å²) in [5.74, 6) is 4.28. The van der Waals surface area contributed by atoms with Gasteiger partial charge >= 0.3 is 0 Å². The second-order valence-corrected chi connectivity index (χ2v) is 6.37. The van der Waals surface area contributed by atoms with Crippen LogP contribution in [0.3, 0.4) is 0 Å². The molecular weight excluding hydrogens is 362 g/mol. The van der Waals surface area contributed by atoms with E-state index in [1.807, 2.05) is 13.0 Å². The highest BCUT2D eigenvalue weighted by atomic mass is 79.9. The number of nitrogen functional groups attached to an aromatic ring is 1. The Bertz CT molecular complexity index is 850. The van der Waals surface area contributed by atoms with E-state index in [1.165, 1.54) is 17.4 Å². The van der Waals surface area contributed by atoms with Gasteiger partial charge in [-0.1, -0.05) is 0 Å². The minimum absolute atomic E-state index is 0.0156. The van der Waals surface area contributed by atoms with Crippen molar-refractivity contribution in [2.75, 3.05) is 5.43 Å². The van der Waals surface area contributed by atoms with Crippen molar-refractivity contribution in [1.29, 1.82) is 0 Å². The first kappa shape index (κ1) is 14.3. The summed E-state index contributed by atoms with van der Waals surface area (Å²) in [4.78, 5) is 10.5. The van der Waals surface area contributed by atoms with Gasteiger partial charge in [0.25, 0.3) is 0 Å². The summed E-state index contributed by atoms with van der Waals surface area (Å²) < 4.78 is 26.8. The third-order valence-electron chi connectivity index (χ3n) is 2.93. The molecule has 3 N–H and O–H groups in total. The number of thiophene rings is 1. The van der Waals surface area contributed by atoms with Gasteiger partial charge in [0, 0.05) is 10.4 Å². The lowest BCUT2D eigenvalue weighted by Crippen LogP contribution is -2.10. The standard InChI is InChI=1S/C13H9BrF2N4S/c1-5-4-7-12(20-17)18-11(19-13(7)21-5)6-2-3-8(15)10(16)9(6)14/h2-4H,17H2,1H3,(H,18,19,20). The number of hydrogen-bond acceptors (Lipinski definition) is 5. The van der Waals surface area contributed by atoms with E-state index in [0.29, 0.717) is 11.4 Å². The van der Waals surface area contributed by atoms with E-state index in [2.05, 4.69) is 31.3 Å². The van der Waals surface area contributed by atoms with Crippen LogP contribution in [-0.4, -0.2) is 9.97 Å². The van der Waals surface area contributed by atoms with E-state index in [1.54, 1.807) is 0 Å². The number of rotatable bonds is 2. The van der Waals surface area contributed by atoms with Crippen molar-refractivity contribution >= 4 is 43.3 Å². The van der Waals surface area contributed by atoms with Crippen LogP contribution in [0, 0.1) is 18.6 Å². The lowest BCUT2D eigenvalue weighted by Gasteiger charge is -2.07. The van der Waals surface area contributed by atoms with E-state index in [4.69, 9.17) is 5.84 Å². The number of nitrogens with zero attached hydrogens (tertiary/aromatic N) is 2. The first-order chi connectivity index (χ1) is 10.0. The minimum Gasteiger partial charge on any atom is -0.308 e. The van der Waals surface area contributed by atoms with Gasteiger partial charge in [-0.25, -0.2) is 24.6 Å². The highest BCUT2D eigenvalue weighted by molar-refractivity contribution is 9.10. The van der Waals surface area contributed by atoms with Crippen LogP contribution >= 0.6 is 27.3 Å². The maximum atomic E-state index is 13.7. The van der Waals surface area contributed by atoms with Gasteiger partial charge in [-0.05, 0) is 41.1 Å². The van der Waals surface area contributed by atoms with Gasteiger partial charge in [-0.15, -0.1) is 11.3 Å². The van der Waals surface area contributed by atoms with E-state index < -0.39 is 11.6 Å². The molecule has 0 spiro atoms. The molecule has 0 fully saturated rings. The van der Waals surface area contributed by atoms with Crippen molar-refractivity contribution < 1.29 is 8.78 Å². The number of anilines is 1. The van der Waals surface area contributed by atoms with Gasteiger partial charge in [0.2, 0.25) is 0 Å². The fourth-order valence-corrected chi connectivity index (χ4v) is 3.35. The Balaban J connectivity index is 2.28. The van der Waals surface area contributed by atoms with Crippen molar-refractivity contribution in [3.8, 4) is 11.4 Å². The molecular formula is C13H9BrF2N4S. The average Bonchev–Trinajstić information content (AvgIpc) is 2.84. The molecule has 0 atom stereocenters. The monoisotopic (exact) mass is 370 g/mol. The molecule has 0 amide bonds. The summed E-state index contributed by atoms with van der Waals surface area (Å²) >= 11 is 4.51. The third kappa shape index (κ3) is 2.39.